The Morgan fingerprint density at radius 3 is 2.64 bits per heavy atom. The first-order valence-corrected chi connectivity index (χ1v) is 9.22. The van der Waals surface area contributed by atoms with E-state index < -0.39 is 12.2 Å². The number of benzene rings is 1. The van der Waals surface area contributed by atoms with Gasteiger partial charge in [0.05, 0.1) is 12.2 Å². The third-order valence-corrected chi connectivity index (χ3v) is 5.14. The molecule has 0 aromatic heterocycles. The number of rotatable bonds is 5. The van der Waals surface area contributed by atoms with Crippen LogP contribution in [0.3, 0.4) is 0 Å². The van der Waals surface area contributed by atoms with Gasteiger partial charge in [0, 0.05) is 38.4 Å². The van der Waals surface area contributed by atoms with Gasteiger partial charge in [0.15, 0.2) is 6.10 Å². The van der Waals surface area contributed by atoms with Gasteiger partial charge in [-0.05, 0) is 38.4 Å². The number of carbonyl (C=O) groups excluding carboxylic acids is 1. The summed E-state index contributed by atoms with van der Waals surface area (Å²) < 4.78 is 5.95. The highest BCUT2D eigenvalue weighted by Gasteiger charge is 2.35. The van der Waals surface area contributed by atoms with E-state index in [2.05, 4.69) is 22.2 Å². The summed E-state index contributed by atoms with van der Waals surface area (Å²) >= 11 is 0. The number of piperazine rings is 1. The lowest BCUT2D eigenvalue weighted by atomic mass is 9.98. The first-order valence-electron chi connectivity index (χ1n) is 9.22. The van der Waals surface area contributed by atoms with Gasteiger partial charge in [-0.25, -0.2) is 0 Å². The lowest BCUT2D eigenvalue weighted by Crippen LogP contribution is -2.48. The quantitative estimate of drug-likeness (QED) is 0.837. The SMILES string of the molecule is CN1CCN(CC[C@@H]2CC[C@H](O)[C@@H](C(=O)Nc3ccccc3)O2)CC1. The molecule has 0 aliphatic carbocycles. The van der Waals surface area contributed by atoms with Crippen molar-refractivity contribution in [2.45, 2.75) is 37.6 Å². The number of carbonyl (C=O) groups is 1. The van der Waals surface area contributed by atoms with Crippen molar-refractivity contribution in [3.05, 3.63) is 30.3 Å². The van der Waals surface area contributed by atoms with Crippen LogP contribution in [0.1, 0.15) is 19.3 Å². The number of aliphatic hydroxyl groups excluding tert-OH is 1. The average Bonchev–Trinajstić information content (AvgIpc) is 2.63. The van der Waals surface area contributed by atoms with Crippen molar-refractivity contribution in [1.82, 2.24) is 9.80 Å². The van der Waals surface area contributed by atoms with Crippen LogP contribution in [0.4, 0.5) is 5.69 Å². The zero-order chi connectivity index (χ0) is 17.6. The number of nitrogens with one attached hydrogen (secondary N) is 1. The Kier molecular flexibility index (Phi) is 6.42. The zero-order valence-electron chi connectivity index (χ0n) is 14.9. The van der Waals surface area contributed by atoms with Crippen LogP contribution in [0.5, 0.6) is 0 Å². The van der Waals surface area contributed by atoms with Gasteiger partial charge in [-0.3, -0.25) is 4.79 Å². The predicted octanol–water partition coefficient (Wildman–Crippen LogP) is 1.17. The largest absolute Gasteiger partial charge is 0.390 e. The summed E-state index contributed by atoms with van der Waals surface area (Å²) in [5.74, 6) is -0.261. The van der Waals surface area contributed by atoms with Crippen LogP contribution in [0.15, 0.2) is 30.3 Å². The molecular weight excluding hydrogens is 318 g/mol. The summed E-state index contributed by atoms with van der Waals surface area (Å²) in [5.41, 5.74) is 0.725. The number of amides is 1. The van der Waals surface area contributed by atoms with Gasteiger partial charge in [-0.1, -0.05) is 18.2 Å². The molecular formula is C19H29N3O3. The monoisotopic (exact) mass is 347 g/mol. The van der Waals surface area contributed by atoms with E-state index in [0.717, 1.165) is 51.3 Å². The van der Waals surface area contributed by atoms with Crippen LogP contribution in [-0.2, 0) is 9.53 Å². The van der Waals surface area contributed by atoms with Gasteiger partial charge in [-0.15, -0.1) is 0 Å². The Morgan fingerprint density at radius 2 is 1.92 bits per heavy atom. The summed E-state index contributed by atoms with van der Waals surface area (Å²) in [6.45, 7) is 5.37. The molecule has 2 fully saturated rings. The van der Waals surface area contributed by atoms with E-state index >= 15 is 0 Å². The molecule has 25 heavy (non-hydrogen) atoms. The molecule has 0 radical (unpaired) electrons. The van der Waals surface area contributed by atoms with Crippen molar-refractivity contribution in [2.75, 3.05) is 45.1 Å². The summed E-state index contributed by atoms with van der Waals surface area (Å²) in [6, 6.07) is 9.30. The first kappa shape index (κ1) is 18.3. The highest BCUT2D eigenvalue weighted by Crippen LogP contribution is 2.23. The van der Waals surface area contributed by atoms with Crippen LogP contribution in [0, 0.1) is 0 Å². The molecule has 0 spiro atoms. The molecule has 2 N–H and O–H groups in total. The smallest absolute Gasteiger partial charge is 0.256 e. The van der Waals surface area contributed by atoms with Crippen LogP contribution in [-0.4, -0.2) is 78.9 Å². The molecule has 138 valence electrons. The van der Waals surface area contributed by atoms with Gasteiger partial charge < -0.3 is 25.0 Å². The molecule has 0 bridgehead atoms. The third-order valence-electron chi connectivity index (χ3n) is 5.14. The highest BCUT2D eigenvalue weighted by atomic mass is 16.5. The lowest BCUT2D eigenvalue weighted by Gasteiger charge is -2.36. The number of aliphatic hydroxyl groups is 1. The minimum atomic E-state index is -0.786. The van der Waals surface area contributed by atoms with Gasteiger partial charge in [0.2, 0.25) is 0 Å². The second-order valence-electron chi connectivity index (χ2n) is 7.11. The van der Waals surface area contributed by atoms with Crippen molar-refractivity contribution in [3.63, 3.8) is 0 Å². The number of ether oxygens (including phenoxy) is 1. The molecule has 0 unspecified atom stereocenters. The summed E-state index contributed by atoms with van der Waals surface area (Å²) in [4.78, 5) is 17.2. The molecule has 3 rings (SSSR count). The minimum absolute atomic E-state index is 0.0366. The normalized spacial score (nSPS) is 28.6. The van der Waals surface area contributed by atoms with E-state index in [1.54, 1.807) is 0 Å². The van der Waals surface area contributed by atoms with Crippen molar-refractivity contribution < 1.29 is 14.6 Å². The predicted molar refractivity (Wildman–Crippen MR) is 97.5 cm³/mol. The summed E-state index contributed by atoms with van der Waals surface area (Å²) in [5, 5.41) is 13.0. The fourth-order valence-corrected chi connectivity index (χ4v) is 3.46. The van der Waals surface area contributed by atoms with E-state index in [1.807, 2.05) is 30.3 Å². The standard InChI is InChI=1S/C19H29N3O3/c1-21-11-13-22(14-12-21)10-9-16-7-8-17(23)18(25-16)19(24)20-15-5-3-2-4-6-15/h2-6,16-18,23H,7-14H2,1H3,(H,20,24)/t16-,17-,18-/m0/s1. The lowest BCUT2D eigenvalue weighted by molar-refractivity contribution is -0.153. The molecule has 1 amide bonds. The third kappa shape index (κ3) is 5.25. The maximum atomic E-state index is 12.5. The van der Waals surface area contributed by atoms with Crippen LogP contribution in [0.25, 0.3) is 0 Å². The highest BCUT2D eigenvalue weighted by molar-refractivity contribution is 5.94. The Bertz CT molecular complexity index is 546. The van der Waals surface area contributed by atoms with E-state index in [1.165, 1.54) is 0 Å². The molecule has 1 aromatic carbocycles. The number of anilines is 1. The first-order chi connectivity index (χ1) is 12.1. The van der Waals surface area contributed by atoms with Crippen LogP contribution < -0.4 is 5.32 Å². The Balaban J connectivity index is 1.48. The topological polar surface area (TPSA) is 65.0 Å². The van der Waals surface area contributed by atoms with Gasteiger partial charge in [0.1, 0.15) is 0 Å². The van der Waals surface area contributed by atoms with Crippen LogP contribution in [0.2, 0.25) is 0 Å². The number of hydrogen-bond acceptors (Lipinski definition) is 5. The second-order valence-corrected chi connectivity index (χ2v) is 7.11. The molecule has 6 nitrogen and oxygen atoms in total. The molecule has 6 heteroatoms. The van der Waals surface area contributed by atoms with Crippen molar-refractivity contribution >= 4 is 11.6 Å². The summed E-state index contributed by atoms with van der Waals surface area (Å²) in [6.07, 6.45) is 0.847. The Hall–Kier alpha value is -1.47. The molecule has 0 saturated carbocycles. The molecule has 2 heterocycles. The molecule has 3 atom stereocenters. The fourth-order valence-electron chi connectivity index (χ4n) is 3.46. The minimum Gasteiger partial charge on any atom is -0.390 e. The number of likely N-dealkylation sites (N-methyl/N-ethyl adjacent to an activating group) is 1. The van der Waals surface area contributed by atoms with E-state index in [-0.39, 0.29) is 12.0 Å². The van der Waals surface area contributed by atoms with Gasteiger partial charge in [0.25, 0.3) is 5.91 Å². The Morgan fingerprint density at radius 1 is 1.20 bits per heavy atom. The van der Waals surface area contributed by atoms with E-state index in [9.17, 15) is 9.90 Å². The van der Waals surface area contributed by atoms with Crippen LogP contribution >= 0.6 is 0 Å². The number of hydrogen-bond donors (Lipinski definition) is 2. The van der Waals surface area contributed by atoms with Gasteiger partial charge in [-0.2, -0.15) is 0 Å². The second kappa shape index (κ2) is 8.76. The average molecular weight is 347 g/mol. The maximum absolute atomic E-state index is 12.5. The molecule has 2 saturated heterocycles. The fraction of sp³-hybridized carbons (Fsp3) is 0.632. The van der Waals surface area contributed by atoms with Crippen molar-refractivity contribution in [1.29, 1.82) is 0 Å². The molecule has 1 aromatic rings. The number of nitrogens with zero attached hydrogens (tertiary/aromatic N) is 2. The number of para-hydroxylation sites is 1. The molecule has 2 aliphatic rings. The molecule has 2 aliphatic heterocycles. The van der Waals surface area contributed by atoms with Gasteiger partial charge >= 0.3 is 0 Å². The zero-order valence-corrected chi connectivity index (χ0v) is 14.9. The maximum Gasteiger partial charge on any atom is 0.256 e. The van der Waals surface area contributed by atoms with E-state index in [0.29, 0.717) is 6.42 Å². The summed E-state index contributed by atoms with van der Waals surface area (Å²) in [7, 11) is 2.15. The van der Waals surface area contributed by atoms with Crippen molar-refractivity contribution in [3.8, 4) is 0 Å². The van der Waals surface area contributed by atoms with Crippen molar-refractivity contribution in [2.24, 2.45) is 0 Å². The van der Waals surface area contributed by atoms with E-state index in [4.69, 9.17) is 4.74 Å². The Labute approximate surface area is 149 Å².